The molecular weight excluding hydrogens is 393 g/mol. The number of hydrogen-bond acceptors (Lipinski definition) is 4. The van der Waals surface area contributed by atoms with E-state index in [0.29, 0.717) is 5.56 Å². The molecular formula is C13H7Cl2F4N3OS. The molecule has 1 N–H and O–H groups in total. The minimum Gasteiger partial charge on any atom is -0.300 e. The lowest BCUT2D eigenvalue weighted by atomic mass is 9.95. The number of amides is 1. The molecule has 3 rings (SSSR count). The minimum absolute atomic E-state index is 0.0332. The summed E-state index contributed by atoms with van der Waals surface area (Å²) in [5.74, 6) is -1.24. The van der Waals surface area contributed by atoms with Crippen LogP contribution in [-0.4, -0.2) is 20.4 Å². The van der Waals surface area contributed by atoms with Gasteiger partial charge in [0.25, 0.3) is 0 Å². The van der Waals surface area contributed by atoms with Crippen molar-refractivity contribution in [2.45, 2.75) is 22.3 Å². The molecule has 1 amide bonds. The first-order valence-corrected chi connectivity index (χ1v) is 7.99. The first-order valence-electron chi connectivity index (χ1n) is 6.42. The van der Waals surface area contributed by atoms with Gasteiger partial charge in [0.2, 0.25) is 16.0 Å². The number of halogens is 6. The second-order valence-electron chi connectivity index (χ2n) is 5.16. The van der Waals surface area contributed by atoms with Gasteiger partial charge in [-0.1, -0.05) is 23.5 Å². The lowest BCUT2D eigenvalue weighted by Gasteiger charge is -2.17. The number of hydrogen-bond donors (Lipinski definition) is 1. The second kappa shape index (κ2) is 5.53. The second-order valence-corrected chi connectivity index (χ2v) is 7.62. The number of nitrogens with one attached hydrogen (secondary N) is 1. The van der Waals surface area contributed by atoms with Crippen LogP contribution in [0.4, 0.5) is 22.7 Å². The summed E-state index contributed by atoms with van der Waals surface area (Å²) in [6, 6.07) is 4.98. The maximum atomic E-state index is 13.1. The molecule has 0 bridgehead atoms. The molecule has 1 aromatic carbocycles. The topological polar surface area (TPSA) is 54.9 Å². The summed E-state index contributed by atoms with van der Waals surface area (Å²) in [7, 11) is 0. The fourth-order valence-electron chi connectivity index (χ4n) is 2.31. The van der Waals surface area contributed by atoms with Crippen molar-refractivity contribution < 1.29 is 22.4 Å². The predicted octanol–water partition coefficient (Wildman–Crippen LogP) is 4.15. The summed E-state index contributed by atoms with van der Waals surface area (Å²) >= 11 is 12.3. The lowest BCUT2D eigenvalue weighted by Crippen LogP contribution is -2.32. The average Bonchev–Trinajstić information content (AvgIpc) is 2.82. The van der Waals surface area contributed by atoms with Crippen molar-refractivity contribution in [2.75, 3.05) is 5.32 Å². The van der Waals surface area contributed by atoms with Crippen molar-refractivity contribution in [1.29, 1.82) is 0 Å². The summed E-state index contributed by atoms with van der Waals surface area (Å²) in [6.07, 6.45) is -4.62. The normalized spacial score (nSPS) is 22.2. The Hall–Kier alpha value is -1.45. The third kappa shape index (κ3) is 2.84. The molecule has 0 saturated heterocycles. The van der Waals surface area contributed by atoms with Gasteiger partial charge in [0.05, 0.1) is 0 Å². The lowest BCUT2D eigenvalue weighted by molar-refractivity contribution is -0.138. The average molecular weight is 400 g/mol. The summed E-state index contributed by atoms with van der Waals surface area (Å²) in [5.41, 5.74) is -1.04. The molecule has 1 unspecified atom stereocenters. The SMILES string of the molecule is O=C(Nc1nnc(C(F)(F)F)s1)C1(c2ccc(F)cc2)CC1(Cl)Cl. The van der Waals surface area contributed by atoms with E-state index in [0.717, 1.165) is 12.1 Å². The Bertz CT molecular complexity index is 793. The Kier molecular flexibility index (Phi) is 4.01. The third-order valence-electron chi connectivity index (χ3n) is 3.60. The first-order chi connectivity index (χ1) is 11.1. The minimum atomic E-state index is -4.66. The molecule has 1 aliphatic rings. The van der Waals surface area contributed by atoms with Gasteiger partial charge in [-0.15, -0.1) is 33.4 Å². The van der Waals surface area contributed by atoms with Crippen molar-refractivity contribution in [3.05, 3.63) is 40.7 Å². The van der Waals surface area contributed by atoms with Gasteiger partial charge < -0.3 is 0 Å². The molecule has 1 atom stereocenters. The van der Waals surface area contributed by atoms with E-state index in [1.165, 1.54) is 12.1 Å². The maximum absolute atomic E-state index is 13.1. The van der Waals surface area contributed by atoms with Crippen LogP contribution in [0.15, 0.2) is 24.3 Å². The number of nitrogens with zero attached hydrogens (tertiary/aromatic N) is 2. The van der Waals surface area contributed by atoms with E-state index in [1.807, 2.05) is 0 Å². The number of alkyl halides is 5. The van der Waals surface area contributed by atoms with E-state index < -0.39 is 32.7 Å². The fraction of sp³-hybridized carbons (Fsp3) is 0.308. The van der Waals surface area contributed by atoms with Crippen LogP contribution in [0.2, 0.25) is 0 Å². The number of carbonyl (C=O) groups excluding carboxylic acids is 1. The molecule has 1 heterocycles. The molecule has 0 radical (unpaired) electrons. The Morgan fingerprint density at radius 3 is 2.25 bits per heavy atom. The number of anilines is 1. The molecule has 2 aromatic rings. The molecule has 4 nitrogen and oxygen atoms in total. The largest absolute Gasteiger partial charge is 0.445 e. The zero-order chi connectivity index (χ0) is 17.8. The Morgan fingerprint density at radius 2 is 1.79 bits per heavy atom. The zero-order valence-electron chi connectivity index (χ0n) is 11.5. The van der Waals surface area contributed by atoms with Crippen LogP contribution < -0.4 is 5.32 Å². The fourth-order valence-corrected chi connectivity index (χ4v) is 3.70. The molecule has 11 heteroatoms. The van der Waals surface area contributed by atoms with Crippen LogP contribution in [0.25, 0.3) is 0 Å². The first kappa shape index (κ1) is 17.4. The van der Waals surface area contributed by atoms with Crippen LogP contribution in [0.3, 0.4) is 0 Å². The smallest absolute Gasteiger partial charge is 0.300 e. The molecule has 1 aliphatic carbocycles. The highest BCUT2D eigenvalue weighted by Crippen LogP contribution is 2.65. The van der Waals surface area contributed by atoms with E-state index in [2.05, 4.69) is 15.5 Å². The quantitative estimate of drug-likeness (QED) is 0.622. The molecule has 1 aromatic heterocycles. The molecule has 0 aliphatic heterocycles. The Morgan fingerprint density at radius 1 is 1.21 bits per heavy atom. The Balaban J connectivity index is 1.87. The molecule has 128 valence electrons. The van der Waals surface area contributed by atoms with Gasteiger partial charge in [-0.25, -0.2) is 4.39 Å². The van der Waals surface area contributed by atoms with Crippen molar-refractivity contribution in [2.24, 2.45) is 0 Å². The van der Waals surface area contributed by atoms with Crippen LogP contribution in [0, 0.1) is 5.82 Å². The molecule has 1 fully saturated rings. The van der Waals surface area contributed by atoms with Gasteiger partial charge >= 0.3 is 6.18 Å². The van der Waals surface area contributed by atoms with Crippen LogP contribution in [-0.2, 0) is 16.4 Å². The van der Waals surface area contributed by atoms with E-state index in [9.17, 15) is 22.4 Å². The summed E-state index contributed by atoms with van der Waals surface area (Å²) < 4.78 is 49.2. The standard InChI is InChI=1S/C13H7Cl2F4N3OS/c14-12(15)5-11(12,6-1-3-7(16)4-2-6)8(23)20-10-22-21-9(24-10)13(17,18)19/h1-4H,5H2,(H,20,22,23). The van der Waals surface area contributed by atoms with Crippen molar-refractivity contribution in [3.8, 4) is 0 Å². The highest BCUT2D eigenvalue weighted by atomic mass is 35.5. The Labute approximate surface area is 146 Å². The third-order valence-corrected chi connectivity index (χ3v) is 5.40. The van der Waals surface area contributed by atoms with Crippen molar-refractivity contribution in [3.63, 3.8) is 0 Å². The summed E-state index contributed by atoms with van der Waals surface area (Å²) in [5, 5.41) is 7.00. The molecule has 24 heavy (non-hydrogen) atoms. The van der Waals surface area contributed by atoms with E-state index >= 15 is 0 Å². The predicted molar refractivity (Wildman–Crippen MR) is 80.7 cm³/mol. The van der Waals surface area contributed by atoms with Gasteiger partial charge in [-0.2, -0.15) is 13.2 Å². The van der Waals surface area contributed by atoms with Gasteiger partial charge in [0.1, 0.15) is 15.6 Å². The summed E-state index contributed by atoms with van der Waals surface area (Å²) in [6.45, 7) is 0. The highest BCUT2D eigenvalue weighted by Gasteiger charge is 2.72. The van der Waals surface area contributed by atoms with E-state index in [4.69, 9.17) is 23.2 Å². The van der Waals surface area contributed by atoms with Gasteiger partial charge in [0.15, 0.2) is 0 Å². The number of rotatable bonds is 3. The summed E-state index contributed by atoms with van der Waals surface area (Å²) in [4.78, 5) is 12.5. The van der Waals surface area contributed by atoms with E-state index in [1.54, 1.807) is 0 Å². The number of benzene rings is 1. The molecule has 0 spiro atoms. The molecule has 1 saturated carbocycles. The number of carbonyl (C=O) groups is 1. The van der Waals surface area contributed by atoms with Crippen LogP contribution in [0.5, 0.6) is 0 Å². The highest BCUT2D eigenvalue weighted by molar-refractivity contribution is 7.15. The van der Waals surface area contributed by atoms with Crippen LogP contribution in [0.1, 0.15) is 17.0 Å². The monoisotopic (exact) mass is 399 g/mol. The van der Waals surface area contributed by atoms with Gasteiger partial charge in [0, 0.05) is 6.42 Å². The number of aromatic nitrogens is 2. The van der Waals surface area contributed by atoms with Gasteiger partial charge in [-0.3, -0.25) is 10.1 Å². The van der Waals surface area contributed by atoms with Crippen molar-refractivity contribution in [1.82, 2.24) is 10.2 Å². The van der Waals surface area contributed by atoms with Crippen LogP contribution >= 0.6 is 34.5 Å². The van der Waals surface area contributed by atoms with Crippen molar-refractivity contribution >= 4 is 45.6 Å². The van der Waals surface area contributed by atoms with Gasteiger partial charge in [-0.05, 0) is 17.7 Å². The van der Waals surface area contributed by atoms with E-state index in [-0.39, 0.29) is 22.9 Å². The maximum Gasteiger partial charge on any atom is 0.445 e. The zero-order valence-corrected chi connectivity index (χ0v) is 13.8.